The standard InChI is InChI=1S/C36H43ClFN5O6S/c1-19-17-23(35(2,3)4)26(24(18-19)36(5,6)7)34(46)49-28-25(20-13-15-21(37)16-14-20)29(38)43-31(28)40-30(39)27(33(43)45)32(44)42-50(47,48)41-22-11-9-8-10-12-22/h8-16,19,23-24,26,40-41H,17-18,39H2,1-7H3,(H,42,44). The average molecular weight is 728 g/mol. The van der Waals surface area contributed by atoms with Gasteiger partial charge in [-0.25, -0.2) is 9.12 Å². The summed E-state index contributed by atoms with van der Waals surface area (Å²) < 4.78 is 52.7. The van der Waals surface area contributed by atoms with Crippen LogP contribution in [-0.4, -0.2) is 29.7 Å². The Kier molecular flexibility index (Phi) is 9.89. The first-order valence-corrected chi connectivity index (χ1v) is 18.2. The minimum atomic E-state index is -4.54. The number of rotatable bonds is 7. The van der Waals surface area contributed by atoms with Gasteiger partial charge >= 0.3 is 16.2 Å². The van der Waals surface area contributed by atoms with Crippen molar-refractivity contribution in [2.75, 3.05) is 10.5 Å². The van der Waals surface area contributed by atoms with Crippen LogP contribution in [0.4, 0.5) is 15.9 Å². The highest BCUT2D eigenvalue weighted by molar-refractivity contribution is 7.91. The molecule has 0 saturated heterocycles. The number of nitrogen functional groups attached to an aromatic ring is 1. The van der Waals surface area contributed by atoms with Crippen LogP contribution in [0.3, 0.4) is 0 Å². The van der Waals surface area contributed by atoms with E-state index in [0.29, 0.717) is 15.3 Å². The molecule has 4 aromatic rings. The highest BCUT2D eigenvalue weighted by Gasteiger charge is 2.50. The van der Waals surface area contributed by atoms with Gasteiger partial charge in [0.25, 0.3) is 11.5 Å². The third-order valence-corrected chi connectivity index (χ3v) is 10.7. The zero-order chi connectivity index (χ0) is 36.9. The van der Waals surface area contributed by atoms with E-state index in [2.05, 4.69) is 58.2 Å². The number of para-hydroxylation sites is 1. The number of anilines is 2. The fourth-order valence-electron chi connectivity index (χ4n) is 7.11. The fraction of sp³-hybridized carbons (Fsp3) is 0.417. The quantitative estimate of drug-likeness (QED) is 0.148. The largest absolute Gasteiger partial charge is 0.422 e. The number of nitrogens with two attached hydrogens (primary N) is 1. The maximum Gasteiger partial charge on any atom is 0.323 e. The minimum absolute atomic E-state index is 0.0773. The molecule has 1 aliphatic carbocycles. The molecule has 2 atom stereocenters. The number of fused-ring (bicyclic) bond motifs is 1. The molecule has 5 N–H and O–H groups in total. The van der Waals surface area contributed by atoms with E-state index < -0.39 is 50.9 Å². The van der Waals surface area contributed by atoms with Gasteiger partial charge in [-0.1, -0.05) is 90.4 Å². The summed E-state index contributed by atoms with van der Waals surface area (Å²) in [5.41, 5.74) is 3.28. The Balaban J connectivity index is 1.65. The summed E-state index contributed by atoms with van der Waals surface area (Å²) in [7, 11) is -4.54. The monoisotopic (exact) mass is 727 g/mol. The van der Waals surface area contributed by atoms with Gasteiger partial charge in [0, 0.05) is 5.02 Å². The molecule has 1 fully saturated rings. The van der Waals surface area contributed by atoms with Crippen molar-refractivity contribution in [1.82, 2.24) is 14.1 Å². The number of aromatic nitrogens is 2. The number of benzene rings is 2. The van der Waals surface area contributed by atoms with E-state index in [9.17, 15) is 22.8 Å². The molecule has 268 valence electrons. The lowest BCUT2D eigenvalue weighted by atomic mass is 9.55. The van der Waals surface area contributed by atoms with Crippen molar-refractivity contribution in [3.05, 3.63) is 81.5 Å². The van der Waals surface area contributed by atoms with Gasteiger partial charge in [0.15, 0.2) is 11.4 Å². The average Bonchev–Trinajstić information content (AvgIpc) is 3.26. The lowest BCUT2D eigenvalue weighted by molar-refractivity contribution is -0.152. The molecule has 0 spiro atoms. The second kappa shape index (κ2) is 13.4. The van der Waals surface area contributed by atoms with Crippen LogP contribution in [-0.2, 0) is 15.0 Å². The Morgan fingerprint density at radius 1 is 0.980 bits per heavy atom. The molecule has 50 heavy (non-hydrogen) atoms. The summed E-state index contributed by atoms with van der Waals surface area (Å²) >= 11 is 6.12. The predicted octanol–water partition coefficient (Wildman–Crippen LogP) is 7.03. The summed E-state index contributed by atoms with van der Waals surface area (Å²) in [5.74, 6) is -4.40. The lowest BCUT2D eigenvalue weighted by Crippen LogP contribution is -2.48. The number of nitrogens with one attached hydrogen (secondary N) is 3. The van der Waals surface area contributed by atoms with Crippen molar-refractivity contribution >= 4 is 50.8 Å². The summed E-state index contributed by atoms with van der Waals surface area (Å²) in [6.07, 6.45) is 1.57. The molecule has 2 aromatic carbocycles. The fourth-order valence-corrected chi connectivity index (χ4v) is 8.08. The van der Waals surface area contributed by atoms with Crippen molar-refractivity contribution in [3.8, 4) is 16.9 Å². The van der Waals surface area contributed by atoms with Crippen LogP contribution in [0, 0.1) is 40.4 Å². The first-order chi connectivity index (χ1) is 23.2. The number of carbonyl (C=O) groups is 2. The van der Waals surface area contributed by atoms with Gasteiger partial charge in [-0.05, 0) is 71.3 Å². The minimum Gasteiger partial charge on any atom is -0.422 e. The number of aromatic amines is 1. The van der Waals surface area contributed by atoms with Gasteiger partial charge in [0.05, 0.1) is 17.2 Å². The molecule has 2 heterocycles. The van der Waals surface area contributed by atoms with Crippen LogP contribution in [0.15, 0.2) is 59.4 Å². The van der Waals surface area contributed by atoms with E-state index in [4.69, 9.17) is 22.1 Å². The number of H-pyrrole nitrogens is 1. The normalized spacial score (nSPS) is 20.0. The molecule has 11 nitrogen and oxygen atoms in total. The van der Waals surface area contributed by atoms with E-state index in [0.717, 1.165) is 12.8 Å². The number of halogens is 2. The van der Waals surface area contributed by atoms with Crippen LogP contribution in [0.2, 0.25) is 5.02 Å². The van der Waals surface area contributed by atoms with Crippen LogP contribution in [0.25, 0.3) is 16.8 Å². The van der Waals surface area contributed by atoms with E-state index >= 15 is 4.39 Å². The number of hydrogen-bond acceptors (Lipinski definition) is 7. The van der Waals surface area contributed by atoms with E-state index in [1.54, 1.807) is 22.9 Å². The van der Waals surface area contributed by atoms with Gasteiger partial charge in [0.2, 0.25) is 5.95 Å². The van der Waals surface area contributed by atoms with Gasteiger partial charge < -0.3 is 15.5 Å². The molecule has 14 heteroatoms. The molecule has 0 bridgehead atoms. The highest BCUT2D eigenvalue weighted by atomic mass is 35.5. The molecule has 1 aliphatic rings. The van der Waals surface area contributed by atoms with Crippen molar-refractivity contribution in [1.29, 1.82) is 0 Å². The Labute approximate surface area is 295 Å². The van der Waals surface area contributed by atoms with Crippen molar-refractivity contribution in [3.63, 3.8) is 0 Å². The third-order valence-electron chi connectivity index (χ3n) is 9.50. The molecule has 0 radical (unpaired) electrons. The number of esters is 1. The lowest BCUT2D eigenvalue weighted by Gasteiger charge is -2.49. The molecule has 5 rings (SSSR count). The SMILES string of the molecule is CC1CC(C(C)(C)C)C(C(=O)Oc2c(-c3ccc(Cl)cc3)c(F)n3c(=O)c(C(=O)NS(=O)(=O)Nc4ccccc4)c(N)[nH]c23)C(C(C)(C)C)C1. The molecule has 2 unspecified atom stereocenters. The van der Waals surface area contributed by atoms with Gasteiger partial charge in [-0.2, -0.15) is 12.8 Å². The van der Waals surface area contributed by atoms with E-state index in [-0.39, 0.29) is 50.9 Å². The van der Waals surface area contributed by atoms with Crippen LogP contribution < -0.4 is 25.5 Å². The van der Waals surface area contributed by atoms with Crippen LogP contribution >= 0.6 is 11.6 Å². The molecular weight excluding hydrogens is 685 g/mol. The van der Waals surface area contributed by atoms with Crippen molar-refractivity contribution < 1.29 is 27.1 Å². The third kappa shape index (κ3) is 7.39. The van der Waals surface area contributed by atoms with Gasteiger partial charge in [-0.15, -0.1) is 0 Å². The van der Waals surface area contributed by atoms with E-state index in [1.807, 2.05) is 0 Å². The molecule has 1 amide bonds. The molecular formula is C36H43ClFN5O6S. The van der Waals surface area contributed by atoms with Crippen molar-refractivity contribution in [2.24, 2.45) is 34.5 Å². The van der Waals surface area contributed by atoms with Gasteiger partial charge in [0.1, 0.15) is 11.4 Å². The van der Waals surface area contributed by atoms with Crippen LogP contribution in [0.5, 0.6) is 5.75 Å². The number of carbonyl (C=O) groups excluding carboxylic acids is 2. The summed E-state index contributed by atoms with van der Waals surface area (Å²) in [6.45, 7) is 14.7. The maximum absolute atomic E-state index is 16.6. The highest BCUT2D eigenvalue weighted by Crippen LogP contribution is 2.52. The smallest absolute Gasteiger partial charge is 0.323 e. The second-order valence-electron chi connectivity index (χ2n) is 15.3. The van der Waals surface area contributed by atoms with E-state index in [1.165, 1.54) is 36.4 Å². The summed E-state index contributed by atoms with van der Waals surface area (Å²) in [6, 6.07) is 13.8. The molecule has 0 aliphatic heterocycles. The summed E-state index contributed by atoms with van der Waals surface area (Å²) in [4.78, 5) is 44.3. The Morgan fingerprint density at radius 2 is 1.54 bits per heavy atom. The van der Waals surface area contributed by atoms with Crippen LogP contribution in [0.1, 0.15) is 71.7 Å². The Morgan fingerprint density at radius 3 is 2.08 bits per heavy atom. The molecule has 1 saturated carbocycles. The topological polar surface area (TPSA) is 165 Å². The first kappa shape index (κ1) is 36.9. The molecule has 2 aromatic heterocycles. The predicted molar refractivity (Wildman–Crippen MR) is 193 cm³/mol. The zero-order valence-corrected chi connectivity index (χ0v) is 30.6. The van der Waals surface area contributed by atoms with Gasteiger partial charge in [-0.3, -0.25) is 19.1 Å². The second-order valence-corrected chi connectivity index (χ2v) is 17.1. The number of amides is 1. The number of nitrogens with zero attached hydrogens (tertiary/aromatic N) is 1. The zero-order valence-electron chi connectivity index (χ0n) is 29.1. The number of ether oxygens (including phenoxy) is 1. The first-order valence-electron chi connectivity index (χ1n) is 16.3. The summed E-state index contributed by atoms with van der Waals surface area (Å²) in [5, 5.41) is 0.360. The Hall–Kier alpha value is -4.36. The Bertz CT molecular complexity index is 2080. The maximum atomic E-state index is 16.6. The number of hydrogen-bond donors (Lipinski definition) is 4. The van der Waals surface area contributed by atoms with Crippen molar-refractivity contribution in [2.45, 2.75) is 61.3 Å².